The van der Waals surface area contributed by atoms with Crippen LogP contribution in [-0.4, -0.2) is 89.0 Å². The Hall–Kier alpha value is -4.15. The first-order valence-electron chi connectivity index (χ1n) is 18.9. The summed E-state index contributed by atoms with van der Waals surface area (Å²) in [6.45, 7) is 13.9. The summed E-state index contributed by atoms with van der Waals surface area (Å²) < 4.78 is 17.1. The number of hydrogen-bond donors (Lipinski definition) is 1. The van der Waals surface area contributed by atoms with E-state index in [-0.39, 0.29) is 34.1 Å². The number of anilines is 2. The highest BCUT2D eigenvalue weighted by atomic mass is 35.5. The molecule has 4 aliphatic rings. The summed E-state index contributed by atoms with van der Waals surface area (Å²) in [5.41, 5.74) is 0.886. The number of amides is 1. The van der Waals surface area contributed by atoms with E-state index >= 15 is 0 Å². The third-order valence-corrected chi connectivity index (χ3v) is 10.3. The highest BCUT2D eigenvalue weighted by Gasteiger charge is 2.29. The highest BCUT2D eigenvalue weighted by Crippen LogP contribution is 2.25. The molecule has 4 aromatic heterocycles. The number of carbonyl (C=O) groups is 2. The van der Waals surface area contributed by atoms with Crippen molar-refractivity contribution in [2.45, 2.75) is 104 Å². The van der Waals surface area contributed by atoms with Gasteiger partial charge in [-0.15, -0.1) is 10.2 Å². The van der Waals surface area contributed by atoms with E-state index < -0.39 is 0 Å². The van der Waals surface area contributed by atoms with Crippen LogP contribution in [-0.2, 0) is 32.2 Å². The Bertz CT molecular complexity index is 2020. The fourth-order valence-electron chi connectivity index (χ4n) is 7.15. The minimum atomic E-state index is -0.216. The second-order valence-electron chi connectivity index (χ2n) is 14.7. The molecule has 17 heteroatoms. The molecule has 16 nitrogen and oxygen atoms in total. The number of carbonyl (C=O) groups excluding carboxylic acids is 2. The lowest BCUT2D eigenvalue weighted by Gasteiger charge is -2.31. The first-order chi connectivity index (χ1) is 25.5. The minimum Gasteiger partial charge on any atom is -0.381 e. The second-order valence-corrected chi connectivity index (χ2v) is 15.1. The number of aromatic nitrogens is 8. The van der Waals surface area contributed by atoms with E-state index in [1.807, 2.05) is 27.7 Å². The van der Waals surface area contributed by atoms with Gasteiger partial charge in [0, 0.05) is 77.3 Å². The van der Waals surface area contributed by atoms with E-state index in [9.17, 15) is 19.2 Å². The van der Waals surface area contributed by atoms with Crippen LogP contribution in [0.3, 0.4) is 0 Å². The van der Waals surface area contributed by atoms with Gasteiger partial charge in [-0.25, -0.2) is 19.0 Å². The number of halogens is 1. The number of rotatable bonds is 6. The monoisotopic (exact) mass is 754 g/mol. The number of hydrogen-bond acceptors (Lipinski definition) is 11. The molecular weight excluding hydrogens is 704 g/mol. The van der Waals surface area contributed by atoms with Gasteiger partial charge in [0.15, 0.2) is 11.0 Å². The summed E-state index contributed by atoms with van der Waals surface area (Å²) in [7, 11) is 0. The lowest BCUT2D eigenvalue weighted by molar-refractivity contribution is -0.120. The number of nitrogens with zero attached hydrogens (tertiary/aromatic N) is 9. The van der Waals surface area contributed by atoms with Crippen LogP contribution in [0, 0.1) is 11.8 Å². The van der Waals surface area contributed by atoms with Crippen LogP contribution >= 0.6 is 11.6 Å². The maximum Gasteiger partial charge on any atom is 0.280 e. The lowest BCUT2D eigenvalue weighted by Crippen LogP contribution is -2.44. The number of ether oxygens (including phenoxy) is 2. The quantitative estimate of drug-likeness (QED) is 0.283. The van der Waals surface area contributed by atoms with Gasteiger partial charge in [0.2, 0.25) is 23.0 Å². The molecule has 2 fully saturated rings. The van der Waals surface area contributed by atoms with E-state index in [4.69, 9.17) is 21.1 Å². The Morgan fingerprint density at radius 2 is 1.30 bits per heavy atom. The fourth-order valence-corrected chi connectivity index (χ4v) is 7.37. The molecule has 53 heavy (non-hydrogen) atoms. The van der Waals surface area contributed by atoms with Gasteiger partial charge in [-0.1, -0.05) is 27.7 Å². The van der Waals surface area contributed by atoms with Gasteiger partial charge in [0.05, 0.1) is 12.4 Å². The Kier molecular flexibility index (Phi) is 12.6. The molecular formula is C36H51ClN10O6. The Morgan fingerprint density at radius 3 is 1.87 bits per heavy atom. The summed E-state index contributed by atoms with van der Waals surface area (Å²) in [6, 6.07) is 0. The molecule has 8 rings (SSSR count). The van der Waals surface area contributed by atoms with Crippen LogP contribution in [0.25, 0.3) is 11.0 Å². The van der Waals surface area contributed by atoms with Gasteiger partial charge in [-0.3, -0.25) is 33.2 Å². The molecule has 8 heterocycles. The zero-order chi connectivity index (χ0) is 37.6. The topological polar surface area (TPSA) is 172 Å². The zero-order valence-corrected chi connectivity index (χ0v) is 31.9. The molecule has 288 valence electrons. The third kappa shape index (κ3) is 8.81. The predicted molar refractivity (Wildman–Crippen MR) is 200 cm³/mol. The van der Waals surface area contributed by atoms with Gasteiger partial charge >= 0.3 is 0 Å². The van der Waals surface area contributed by atoms with Crippen LogP contribution in [0.1, 0.15) is 103 Å². The van der Waals surface area contributed by atoms with E-state index in [0.29, 0.717) is 60.7 Å². The molecule has 0 aromatic carbocycles. The van der Waals surface area contributed by atoms with Crippen LogP contribution in [0.4, 0.5) is 11.9 Å². The summed E-state index contributed by atoms with van der Waals surface area (Å²) >= 11 is 5.23. The third-order valence-electron chi connectivity index (χ3n) is 10.1. The summed E-state index contributed by atoms with van der Waals surface area (Å²) in [6.07, 6.45) is 9.72. The predicted octanol–water partition coefficient (Wildman–Crippen LogP) is 3.97. The minimum absolute atomic E-state index is 0.0124. The summed E-state index contributed by atoms with van der Waals surface area (Å²) in [5, 5.41) is 12.1. The van der Waals surface area contributed by atoms with Crippen LogP contribution < -0.4 is 21.3 Å². The average Bonchev–Trinajstić information content (AvgIpc) is 3.78. The average molecular weight is 755 g/mol. The zero-order valence-electron chi connectivity index (χ0n) is 31.1. The molecule has 4 aliphatic heterocycles. The first-order valence-corrected chi connectivity index (χ1v) is 19.3. The van der Waals surface area contributed by atoms with Gasteiger partial charge in [0.25, 0.3) is 11.1 Å². The van der Waals surface area contributed by atoms with Crippen LogP contribution in [0.15, 0.2) is 22.0 Å². The molecule has 4 aromatic rings. The van der Waals surface area contributed by atoms with Crippen molar-refractivity contribution in [3.63, 3.8) is 0 Å². The highest BCUT2D eigenvalue weighted by molar-refractivity contribution is 6.63. The van der Waals surface area contributed by atoms with Crippen molar-refractivity contribution in [3.05, 3.63) is 44.8 Å². The van der Waals surface area contributed by atoms with Crippen molar-refractivity contribution >= 4 is 45.7 Å². The van der Waals surface area contributed by atoms with Gasteiger partial charge in [-0.2, -0.15) is 0 Å². The Labute approximate surface area is 312 Å². The van der Waals surface area contributed by atoms with Crippen molar-refractivity contribution in [3.8, 4) is 0 Å². The number of nitrogens with one attached hydrogen (secondary N) is 1. The van der Waals surface area contributed by atoms with Crippen molar-refractivity contribution in [2.75, 3.05) is 49.7 Å². The molecule has 0 aliphatic carbocycles. The van der Waals surface area contributed by atoms with Gasteiger partial charge in [0.1, 0.15) is 11.6 Å². The lowest BCUT2D eigenvalue weighted by atomic mass is 9.96. The fraction of sp³-hybridized carbons (Fsp3) is 0.667. The molecule has 0 radical (unpaired) electrons. The van der Waals surface area contributed by atoms with Crippen LogP contribution in [0.2, 0.25) is 0 Å². The first kappa shape index (κ1) is 38.6. The Balaban J connectivity index is 0.000000152. The SMILES string of the molecule is CC(C)c1ncc2c(=O)n3c(nn12)N(C(=O)CC1CCOCC1)CCC3.CC(C)c1ncc2c(=O)n3c(nn12)NCCC3.O=C(Cl)CC1CCOCC1. The largest absolute Gasteiger partial charge is 0.381 e. The van der Waals surface area contributed by atoms with E-state index in [0.717, 1.165) is 89.7 Å². The van der Waals surface area contributed by atoms with Crippen molar-refractivity contribution < 1.29 is 19.1 Å². The van der Waals surface area contributed by atoms with Gasteiger partial charge in [-0.05, 0) is 62.0 Å². The molecule has 1 amide bonds. The maximum absolute atomic E-state index is 12.9. The normalized spacial score (nSPS) is 17.8. The number of imidazole rings is 2. The molecule has 0 saturated carbocycles. The molecule has 0 bridgehead atoms. The van der Waals surface area contributed by atoms with E-state index in [1.165, 1.54) is 0 Å². The summed E-state index contributed by atoms with van der Waals surface area (Å²) in [4.78, 5) is 58.8. The molecule has 2 saturated heterocycles. The summed E-state index contributed by atoms with van der Waals surface area (Å²) in [5.74, 6) is 3.91. The van der Waals surface area contributed by atoms with Crippen LogP contribution in [0.5, 0.6) is 0 Å². The van der Waals surface area contributed by atoms with Crippen molar-refractivity contribution in [2.24, 2.45) is 11.8 Å². The van der Waals surface area contributed by atoms with E-state index in [2.05, 4.69) is 25.5 Å². The standard InChI is InChI=1S/C18H25N5O3.C11H15N5O.C7H11ClO2/c1-12(2)16-19-11-14-17(25)22-7-3-6-21(18(22)20-23(14)16)15(24)10-13-4-8-26-9-5-13;1-7(2)9-13-6-8-10(17)15-5-3-4-12-11(15)14-16(8)9;8-7(9)5-6-1-3-10-4-2-6/h11-13H,3-10H2,1-2H3;6-7H,3-5H2,1-2H3,(H,12,14);6H,1-5H2. The molecule has 0 unspecified atom stereocenters. The molecule has 0 spiro atoms. The smallest absolute Gasteiger partial charge is 0.280 e. The van der Waals surface area contributed by atoms with E-state index in [1.54, 1.807) is 35.5 Å². The maximum atomic E-state index is 12.9. The second kappa shape index (κ2) is 17.3. The van der Waals surface area contributed by atoms with Crippen molar-refractivity contribution in [1.82, 2.24) is 38.3 Å². The number of fused-ring (bicyclic) bond motifs is 4. The Morgan fingerprint density at radius 1 is 0.774 bits per heavy atom. The molecule has 0 atom stereocenters. The van der Waals surface area contributed by atoms with Gasteiger partial charge < -0.3 is 14.8 Å². The molecule has 1 N–H and O–H groups in total. The van der Waals surface area contributed by atoms with Crippen molar-refractivity contribution in [1.29, 1.82) is 0 Å².